The average molecular weight is 254 g/mol. The second-order valence-corrected chi connectivity index (χ2v) is 6.89. The van der Waals surface area contributed by atoms with Crippen LogP contribution in [0.1, 0.15) is 59.8 Å². The van der Waals surface area contributed by atoms with Gasteiger partial charge in [0.1, 0.15) is 0 Å². The Morgan fingerprint density at radius 3 is 2.33 bits per heavy atom. The van der Waals surface area contributed by atoms with Gasteiger partial charge in [-0.3, -0.25) is 4.79 Å². The summed E-state index contributed by atoms with van der Waals surface area (Å²) in [6, 6.07) is 0. The molecular formula is C15H30N2O. The fourth-order valence-electron chi connectivity index (χ4n) is 2.59. The van der Waals surface area contributed by atoms with Gasteiger partial charge in [0.15, 0.2) is 0 Å². The van der Waals surface area contributed by atoms with Crippen LogP contribution in [0.15, 0.2) is 0 Å². The van der Waals surface area contributed by atoms with Crippen LogP contribution in [-0.2, 0) is 4.79 Å². The summed E-state index contributed by atoms with van der Waals surface area (Å²) in [6.45, 7) is 9.79. The first-order chi connectivity index (χ1) is 8.37. The summed E-state index contributed by atoms with van der Waals surface area (Å²) in [4.78, 5) is 11.6. The van der Waals surface area contributed by atoms with Crippen molar-refractivity contribution in [3.63, 3.8) is 0 Å². The van der Waals surface area contributed by atoms with Crippen molar-refractivity contribution in [1.82, 2.24) is 10.6 Å². The highest BCUT2D eigenvalue weighted by molar-refractivity contribution is 5.78. The monoisotopic (exact) mass is 254 g/mol. The first kappa shape index (κ1) is 15.5. The van der Waals surface area contributed by atoms with Gasteiger partial charge in [-0.15, -0.1) is 0 Å². The zero-order chi connectivity index (χ0) is 13.6. The molecule has 0 aromatic rings. The van der Waals surface area contributed by atoms with E-state index in [1.165, 1.54) is 32.1 Å². The van der Waals surface area contributed by atoms with E-state index in [2.05, 4.69) is 17.6 Å². The van der Waals surface area contributed by atoms with E-state index in [4.69, 9.17) is 0 Å². The van der Waals surface area contributed by atoms with Gasteiger partial charge < -0.3 is 10.6 Å². The van der Waals surface area contributed by atoms with Gasteiger partial charge in [0.2, 0.25) is 5.91 Å². The van der Waals surface area contributed by atoms with E-state index in [0.29, 0.717) is 6.54 Å². The summed E-state index contributed by atoms with van der Waals surface area (Å²) in [6.07, 6.45) is 6.73. The molecule has 3 heteroatoms. The summed E-state index contributed by atoms with van der Waals surface area (Å²) in [5.74, 6) is 1.89. The first-order valence-electron chi connectivity index (χ1n) is 7.38. The predicted octanol–water partition coefficient (Wildman–Crippen LogP) is 2.71. The van der Waals surface area contributed by atoms with Crippen LogP contribution < -0.4 is 10.6 Å². The molecule has 0 spiro atoms. The van der Waals surface area contributed by atoms with Crippen LogP contribution in [0.5, 0.6) is 0 Å². The molecule has 0 radical (unpaired) electrons. The standard InChI is InChI=1S/C15H30N2O/c1-12-5-7-13(8-6-12)9-10-16-11-14(18)17-15(2,3)4/h12-13,16H,5-11H2,1-4H3,(H,17,18). The van der Waals surface area contributed by atoms with Gasteiger partial charge in [0, 0.05) is 5.54 Å². The topological polar surface area (TPSA) is 41.1 Å². The normalized spacial score (nSPS) is 24.9. The van der Waals surface area contributed by atoms with Crippen LogP contribution in [0.2, 0.25) is 0 Å². The summed E-state index contributed by atoms with van der Waals surface area (Å²) < 4.78 is 0. The number of carbonyl (C=O) groups is 1. The third-order valence-electron chi connectivity index (χ3n) is 3.66. The van der Waals surface area contributed by atoms with E-state index in [9.17, 15) is 4.79 Å². The van der Waals surface area contributed by atoms with Crippen LogP contribution >= 0.6 is 0 Å². The van der Waals surface area contributed by atoms with Gasteiger partial charge in [-0.05, 0) is 45.6 Å². The molecule has 0 atom stereocenters. The molecule has 3 nitrogen and oxygen atoms in total. The Kier molecular flexibility index (Phi) is 6.13. The molecule has 0 heterocycles. The molecule has 0 aromatic carbocycles. The third-order valence-corrected chi connectivity index (χ3v) is 3.66. The molecule has 2 N–H and O–H groups in total. The molecule has 0 unspecified atom stereocenters. The van der Waals surface area contributed by atoms with E-state index in [-0.39, 0.29) is 11.4 Å². The minimum Gasteiger partial charge on any atom is -0.350 e. The van der Waals surface area contributed by atoms with Gasteiger partial charge in [-0.2, -0.15) is 0 Å². The molecule has 0 bridgehead atoms. The largest absolute Gasteiger partial charge is 0.350 e. The van der Waals surface area contributed by atoms with E-state index < -0.39 is 0 Å². The Morgan fingerprint density at radius 1 is 1.17 bits per heavy atom. The van der Waals surface area contributed by atoms with Crippen molar-refractivity contribution >= 4 is 5.91 Å². The van der Waals surface area contributed by atoms with Gasteiger partial charge in [0.05, 0.1) is 6.54 Å². The third kappa shape index (κ3) is 7.00. The van der Waals surface area contributed by atoms with Crippen molar-refractivity contribution in [2.45, 2.75) is 65.3 Å². The lowest BCUT2D eigenvalue weighted by Gasteiger charge is -2.26. The summed E-state index contributed by atoms with van der Waals surface area (Å²) >= 11 is 0. The average Bonchev–Trinajstić information content (AvgIpc) is 2.24. The number of amides is 1. The van der Waals surface area contributed by atoms with E-state index in [1.54, 1.807) is 0 Å². The van der Waals surface area contributed by atoms with Gasteiger partial charge in [-0.1, -0.05) is 32.6 Å². The maximum absolute atomic E-state index is 11.6. The Labute approximate surface area is 112 Å². The van der Waals surface area contributed by atoms with Crippen molar-refractivity contribution in [2.75, 3.05) is 13.1 Å². The zero-order valence-corrected chi connectivity index (χ0v) is 12.5. The molecule has 1 saturated carbocycles. The zero-order valence-electron chi connectivity index (χ0n) is 12.5. The van der Waals surface area contributed by atoms with Crippen molar-refractivity contribution in [2.24, 2.45) is 11.8 Å². The summed E-state index contributed by atoms with van der Waals surface area (Å²) in [7, 11) is 0. The molecule has 0 saturated heterocycles. The van der Waals surface area contributed by atoms with E-state index >= 15 is 0 Å². The molecule has 106 valence electrons. The molecule has 1 rings (SSSR count). The minimum absolute atomic E-state index is 0.0970. The smallest absolute Gasteiger partial charge is 0.234 e. The lowest BCUT2D eigenvalue weighted by molar-refractivity contribution is -0.121. The number of hydrogen-bond donors (Lipinski definition) is 2. The van der Waals surface area contributed by atoms with Crippen molar-refractivity contribution in [3.05, 3.63) is 0 Å². The number of carbonyl (C=O) groups excluding carboxylic acids is 1. The highest BCUT2D eigenvalue weighted by Gasteiger charge is 2.18. The molecule has 1 aliphatic rings. The quantitative estimate of drug-likeness (QED) is 0.741. The number of rotatable bonds is 5. The van der Waals surface area contributed by atoms with Crippen molar-refractivity contribution < 1.29 is 4.79 Å². The maximum atomic E-state index is 11.6. The molecule has 1 fully saturated rings. The molecule has 1 amide bonds. The van der Waals surface area contributed by atoms with E-state index in [1.807, 2.05) is 20.8 Å². The van der Waals surface area contributed by atoms with Gasteiger partial charge in [0.25, 0.3) is 0 Å². The van der Waals surface area contributed by atoms with Crippen molar-refractivity contribution in [3.8, 4) is 0 Å². The second kappa shape index (κ2) is 7.13. The van der Waals surface area contributed by atoms with Crippen LogP contribution in [-0.4, -0.2) is 24.5 Å². The minimum atomic E-state index is -0.127. The molecule has 1 aliphatic carbocycles. The SMILES string of the molecule is CC1CCC(CCNCC(=O)NC(C)(C)C)CC1. The first-order valence-corrected chi connectivity index (χ1v) is 7.38. The predicted molar refractivity (Wildman–Crippen MR) is 76.5 cm³/mol. The van der Waals surface area contributed by atoms with Gasteiger partial charge >= 0.3 is 0 Å². The van der Waals surface area contributed by atoms with E-state index in [0.717, 1.165) is 18.4 Å². The molecule has 0 aromatic heterocycles. The Hall–Kier alpha value is -0.570. The summed E-state index contributed by atoms with van der Waals surface area (Å²) in [5.41, 5.74) is -0.127. The van der Waals surface area contributed by atoms with Crippen LogP contribution in [0.25, 0.3) is 0 Å². The Balaban J connectivity index is 2.03. The molecular weight excluding hydrogens is 224 g/mol. The van der Waals surface area contributed by atoms with Gasteiger partial charge in [-0.25, -0.2) is 0 Å². The number of hydrogen-bond acceptors (Lipinski definition) is 2. The Bertz CT molecular complexity index is 250. The second-order valence-electron chi connectivity index (χ2n) is 6.89. The summed E-state index contributed by atoms with van der Waals surface area (Å²) in [5, 5.41) is 6.22. The van der Waals surface area contributed by atoms with Crippen LogP contribution in [0, 0.1) is 11.8 Å². The van der Waals surface area contributed by atoms with Crippen molar-refractivity contribution in [1.29, 1.82) is 0 Å². The molecule has 0 aliphatic heterocycles. The maximum Gasteiger partial charge on any atom is 0.234 e. The van der Waals surface area contributed by atoms with Crippen LogP contribution in [0.3, 0.4) is 0 Å². The van der Waals surface area contributed by atoms with Crippen LogP contribution in [0.4, 0.5) is 0 Å². The number of nitrogens with one attached hydrogen (secondary N) is 2. The fraction of sp³-hybridized carbons (Fsp3) is 0.933. The lowest BCUT2D eigenvalue weighted by Crippen LogP contribution is -2.45. The lowest BCUT2D eigenvalue weighted by atomic mass is 9.81. The Morgan fingerprint density at radius 2 is 1.78 bits per heavy atom. The highest BCUT2D eigenvalue weighted by Crippen LogP contribution is 2.29. The highest BCUT2D eigenvalue weighted by atomic mass is 16.2. The molecule has 18 heavy (non-hydrogen) atoms. The fourth-order valence-corrected chi connectivity index (χ4v) is 2.59.